The van der Waals surface area contributed by atoms with Crippen molar-refractivity contribution in [1.29, 1.82) is 0 Å². The van der Waals surface area contributed by atoms with Gasteiger partial charge in [0.15, 0.2) is 0 Å². The molecule has 0 saturated carbocycles. The minimum absolute atomic E-state index is 0. The van der Waals surface area contributed by atoms with Crippen LogP contribution < -0.4 is 14.8 Å². The third-order valence-corrected chi connectivity index (χ3v) is 0. The van der Waals surface area contributed by atoms with Gasteiger partial charge in [-0.3, -0.25) is 0 Å². The topological polar surface area (TPSA) is 92.2 Å². The van der Waals surface area contributed by atoms with Gasteiger partial charge in [-0.25, -0.2) is 0 Å². The molecule has 0 spiro atoms. The standard InChI is InChI=1S/Ni.4O.Ti.Zn/q+2;4*-1;;+2. The second-order valence-electron chi connectivity index (χ2n) is 0.500. The van der Waals surface area contributed by atoms with Gasteiger partial charge in [-0.1, -0.05) is 0 Å². The summed E-state index contributed by atoms with van der Waals surface area (Å²) in [5, 5.41) is 0. The third kappa shape index (κ3) is 88.3. The predicted molar refractivity (Wildman–Crippen MR) is 0 cm³/mol. The molecular formula is NiO4TiZn. The first kappa shape index (κ1) is 15.9. The Morgan fingerprint density at radius 3 is 0.857 bits per heavy atom. The maximum absolute atomic E-state index is 8.62. The van der Waals surface area contributed by atoms with E-state index >= 15 is 0 Å². The Labute approximate surface area is 68.5 Å². The van der Waals surface area contributed by atoms with E-state index in [1.54, 1.807) is 0 Å². The molecule has 0 rings (SSSR count). The summed E-state index contributed by atoms with van der Waals surface area (Å²) in [6, 6.07) is 0. The molecule has 0 unspecified atom stereocenters. The van der Waals surface area contributed by atoms with E-state index in [4.69, 9.17) is 14.8 Å². The maximum Gasteiger partial charge on any atom is 2.00 e. The second-order valence-corrected chi connectivity index (χ2v) is 2.06. The van der Waals surface area contributed by atoms with Crippen molar-refractivity contribution in [3.8, 4) is 0 Å². The van der Waals surface area contributed by atoms with Gasteiger partial charge in [-0.15, -0.1) is 0 Å². The van der Waals surface area contributed by atoms with E-state index in [0.717, 1.165) is 0 Å². The van der Waals surface area contributed by atoms with Crippen molar-refractivity contribution in [2.75, 3.05) is 0 Å². The molecule has 0 bridgehead atoms. The smallest absolute Gasteiger partial charge is 2.00 e. The molecule has 0 aromatic carbocycles. The molecule has 0 amide bonds. The first-order valence-electron chi connectivity index (χ1n) is 0.816. The summed E-state index contributed by atoms with van der Waals surface area (Å²) in [5.74, 6) is 0. The minimum Gasteiger partial charge on any atom is 2.00 e. The zero-order valence-electron chi connectivity index (χ0n) is 3.16. The van der Waals surface area contributed by atoms with Gasteiger partial charge >= 0.3 is 68.9 Å². The van der Waals surface area contributed by atoms with Gasteiger partial charge in [-0.05, 0) is 0 Å². The molecule has 0 N–H and O–H groups in total. The molecule has 7 heteroatoms. The Morgan fingerprint density at radius 2 is 0.857 bits per heavy atom. The van der Waals surface area contributed by atoms with Gasteiger partial charge in [-0.2, -0.15) is 0 Å². The molecule has 0 heterocycles. The van der Waals surface area contributed by atoms with Crippen LogP contribution in [0.15, 0.2) is 0 Å². The zero-order chi connectivity index (χ0) is 4.50. The molecule has 0 fully saturated rings. The summed E-state index contributed by atoms with van der Waals surface area (Å²) < 4.78 is 34.5. The first-order valence-corrected chi connectivity index (χ1v) is 3.37. The summed E-state index contributed by atoms with van der Waals surface area (Å²) in [5.41, 5.74) is 0. The van der Waals surface area contributed by atoms with Gasteiger partial charge in [0.1, 0.15) is 0 Å². The molecule has 0 atom stereocenters. The van der Waals surface area contributed by atoms with Crippen LogP contribution in [0.25, 0.3) is 0 Å². The van der Waals surface area contributed by atoms with Gasteiger partial charge in [0.2, 0.25) is 0 Å². The molecule has 7 heavy (non-hydrogen) atoms. The molecule has 0 aliphatic rings. The molecule has 4 nitrogen and oxygen atoms in total. The van der Waals surface area contributed by atoms with E-state index in [1.165, 1.54) is 0 Å². The van der Waals surface area contributed by atoms with E-state index in [2.05, 4.69) is 0 Å². The van der Waals surface area contributed by atoms with Crippen LogP contribution in [0.4, 0.5) is 0 Å². The fourth-order valence-electron chi connectivity index (χ4n) is 0. The number of hydrogen-bond acceptors (Lipinski definition) is 4. The van der Waals surface area contributed by atoms with Crippen molar-refractivity contribution < 1.29 is 68.9 Å². The van der Waals surface area contributed by atoms with Gasteiger partial charge in [0, 0.05) is 0 Å². The van der Waals surface area contributed by atoms with Crippen molar-refractivity contribution in [3.63, 3.8) is 0 Å². The third-order valence-electron chi connectivity index (χ3n) is 0. The summed E-state index contributed by atoms with van der Waals surface area (Å²) in [4.78, 5) is 0. The molecule has 0 aliphatic heterocycles. The fraction of sp³-hybridized carbons (Fsp3) is 0. The fourth-order valence-corrected chi connectivity index (χ4v) is 0. The van der Waals surface area contributed by atoms with Crippen molar-refractivity contribution in [1.82, 2.24) is 0 Å². The van der Waals surface area contributed by atoms with E-state index in [0.29, 0.717) is 0 Å². The SMILES string of the molecule is [Ni+2].[O-][Ti]([O-])([O-])[O-].[Zn+2]. The molecule has 0 radical (unpaired) electrons. The molecule has 0 aliphatic carbocycles. The molecule has 0 aromatic heterocycles. The van der Waals surface area contributed by atoms with Crippen LogP contribution in [-0.4, -0.2) is 0 Å². The van der Waals surface area contributed by atoms with Crippen LogP contribution in [0.1, 0.15) is 0 Å². The van der Waals surface area contributed by atoms with E-state index in [-0.39, 0.29) is 36.0 Å². The molecule has 0 saturated heterocycles. The molecule has 40 valence electrons. The van der Waals surface area contributed by atoms with Crippen molar-refractivity contribution in [2.45, 2.75) is 0 Å². The second kappa shape index (κ2) is 5.80. The Bertz CT molecular complexity index is 27.2. The summed E-state index contributed by atoms with van der Waals surface area (Å²) in [6.07, 6.45) is 0. The monoisotopic (exact) mass is 234 g/mol. The van der Waals surface area contributed by atoms with Gasteiger partial charge in [0.25, 0.3) is 0 Å². The van der Waals surface area contributed by atoms with E-state index in [9.17, 15) is 0 Å². The van der Waals surface area contributed by atoms with E-state index in [1.807, 2.05) is 0 Å². The zero-order valence-corrected chi connectivity index (χ0v) is 8.67. The van der Waals surface area contributed by atoms with E-state index < -0.39 is 18.1 Å². The normalized spacial score (nSPS) is 8.57. The predicted octanol–water partition coefficient (Wildman–Crippen LogP) is -4.76. The Hall–Kier alpha value is 1.67. The van der Waals surface area contributed by atoms with Crippen LogP contribution in [0.5, 0.6) is 0 Å². The minimum atomic E-state index is -6.00. The number of rotatable bonds is 0. The van der Waals surface area contributed by atoms with Crippen LogP contribution >= 0.6 is 0 Å². The number of hydrogen-bond donors (Lipinski definition) is 0. The molecule has 0 aromatic rings. The maximum atomic E-state index is 8.62. The molecular weight excluding hydrogens is 236 g/mol. The van der Waals surface area contributed by atoms with Crippen molar-refractivity contribution in [2.24, 2.45) is 0 Å². The average molecular weight is 236 g/mol. The summed E-state index contributed by atoms with van der Waals surface area (Å²) >= 11 is -6.00. The quantitative estimate of drug-likeness (QED) is 0.394. The van der Waals surface area contributed by atoms with Crippen LogP contribution in [0.2, 0.25) is 0 Å². The van der Waals surface area contributed by atoms with Gasteiger partial charge < -0.3 is 0 Å². The van der Waals surface area contributed by atoms with Crippen LogP contribution in [0.3, 0.4) is 0 Å². The average Bonchev–Trinajstić information content (AvgIpc) is 0.722. The Kier molecular flexibility index (Phi) is 13.1. The van der Waals surface area contributed by atoms with Crippen molar-refractivity contribution >= 4 is 0 Å². The largest absolute Gasteiger partial charge is 2.00 e. The van der Waals surface area contributed by atoms with Crippen LogP contribution in [0, 0.1) is 0 Å². The van der Waals surface area contributed by atoms with Crippen LogP contribution in [-0.2, 0) is 54.1 Å². The van der Waals surface area contributed by atoms with Gasteiger partial charge in [0.05, 0.1) is 0 Å². The summed E-state index contributed by atoms with van der Waals surface area (Å²) in [6.45, 7) is 0. The first-order chi connectivity index (χ1) is 2.00. The summed E-state index contributed by atoms with van der Waals surface area (Å²) in [7, 11) is 0. The Balaban J connectivity index is -0.0000000800. The Morgan fingerprint density at radius 1 is 0.857 bits per heavy atom. The van der Waals surface area contributed by atoms with Crippen molar-refractivity contribution in [3.05, 3.63) is 0 Å².